The molecule has 0 aliphatic carbocycles. The number of hydrogen-bond acceptors (Lipinski definition) is 4. The lowest BCUT2D eigenvalue weighted by atomic mass is 9.87. The summed E-state index contributed by atoms with van der Waals surface area (Å²) in [7, 11) is 1.28. The fourth-order valence-electron chi connectivity index (χ4n) is 2.26. The lowest BCUT2D eigenvalue weighted by Gasteiger charge is -2.19. The molecule has 2 N–H and O–H groups in total. The van der Waals surface area contributed by atoms with Gasteiger partial charge in [0.25, 0.3) is 11.8 Å². The van der Waals surface area contributed by atoms with E-state index in [1.54, 1.807) is 12.1 Å². The van der Waals surface area contributed by atoms with Crippen molar-refractivity contribution in [2.24, 2.45) is 0 Å². The van der Waals surface area contributed by atoms with Gasteiger partial charge in [0.2, 0.25) is 0 Å². The van der Waals surface area contributed by atoms with Gasteiger partial charge in [-0.05, 0) is 47.4 Å². The van der Waals surface area contributed by atoms with Gasteiger partial charge in [-0.2, -0.15) is 0 Å². The van der Waals surface area contributed by atoms with Crippen LogP contribution in [0.1, 0.15) is 57.4 Å². The summed E-state index contributed by atoms with van der Waals surface area (Å²) in [4.78, 5) is 35.6. The highest BCUT2D eigenvalue weighted by atomic mass is 16.5. The number of hydrogen-bond donors (Lipinski definition) is 2. The number of methoxy groups -OCH3 is 1. The first kappa shape index (κ1) is 19.2. The largest absolute Gasteiger partial charge is 0.465 e. The molecule has 2 aromatic carbocycles. The second-order valence-electron chi connectivity index (χ2n) is 6.80. The van der Waals surface area contributed by atoms with Crippen molar-refractivity contribution in [2.45, 2.75) is 26.2 Å². The fraction of sp³-hybridized carbons (Fsp3) is 0.250. The van der Waals surface area contributed by atoms with Gasteiger partial charge in [0.15, 0.2) is 0 Å². The number of ether oxygens (including phenoxy) is 1. The van der Waals surface area contributed by atoms with Gasteiger partial charge in [-0.1, -0.05) is 32.9 Å². The van der Waals surface area contributed by atoms with E-state index in [9.17, 15) is 14.4 Å². The Morgan fingerprint density at radius 2 is 1.12 bits per heavy atom. The zero-order chi connectivity index (χ0) is 19.3. The maximum absolute atomic E-state index is 12.1. The molecule has 0 aromatic heterocycles. The molecule has 0 saturated heterocycles. The third kappa shape index (κ3) is 4.69. The first-order chi connectivity index (χ1) is 12.2. The molecule has 0 aliphatic rings. The summed E-state index contributed by atoms with van der Waals surface area (Å²) >= 11 is 0. The molecule has 2 aromatic rings. The minimum absolute atomic E-state index is 0.000413. The van der Waals surface area contributed by atoms with Crippen molar-refractivity contribution < 1.29 is 19.1 Å². The lowest BCUT2D eigenvalue weighted by Crippen LogP contribution is -2.41. The van der Waals surface area contributed by atoms with Gasteiger partial charge in [-0.25, -0.2) is 4.79 Å². The van der Waals surface area contributed by atoms with E-state index in [1.807, 2.05) is 12.1 Å². The van der Waals surface area contributed by atoms with Gasteiger partial charge in [0, 0.05) is 11.1 Å². The van der Waals surface area contributed by atoms with E-state index in [4.69, 9.17) is 0 Å². The number of carbonyl (C=O) groups is 3. The van der Waals surface area contributed by atoms with Crippen LogP contribution in [0.3, 0.4) is 0 Å². The summed E-state index contributed by atoms with van der Waals surface area (Å²) in [6.07, 6.45) is 0. The van der Waals surface area contributed by atoms with Crippen LogP contribution in [0, 0.1) is 0 Å². The fourth-order valence-corrected chi connectivity index (χ4v) is 2.26. The smallest absolute Gasteiger partial charge is 0.337 e. The maximum atomic E-state index is 12.1. The van der Waals surface area contributed by atoms with Crippen LogP contribution >= 0.6 is 0 Å². The standard InChI is InChI=1S/C20H22N2O4/c1-20(2,3)16-11-9-14(10-12-16)18(24)22-21-17(23)13-5-7-15(8-6-13)19(25)26-4/h5-12H,1-4H3,(H,21,23)(H,22,24). The second-order valence-corrected chi connectivity index (χ2v) is 6.80. The van der Waals surface area contributed by atoms with Crippen molar-refractivity contribution in [1.29, 1.82) is 0 Å². The van der Waals surface area contributed by atoms with E-state index in [0.29, 0.717) is 16.7 Å². The Morgan fingerprint density at radius 1 is 0.731 bits per heavy atom. The molecule has 0 heterocycles. The molecular formula is C20H22N2O4. The minimum atomic E-state index is -0.485. The number of rotatable bonds is 3. The molecule has 136 valence electrons. The maximum Gasteiger partial charge on any atom is 0.337 e. The molecule has 0 aliphatic heterocycles. The Bertz CT molecular complexity index is 803. The van der Waals surface area contributed by atoms with E-state index in [-0.39, 0.29) is 5.41 Å². The molecule has 2 amide bonds. The molecule has 26 heavy (non-hydrogen) atoms. The van der Waals surface area contributed by atoms with Crippen LogP contribution in [0.2, 0.25) is 0 Å². The van der Waals surface area contributed by atoms with E-state index in [0.717, 1.165) is 5.56 Å². The van der Waals surface area contributed by atoms with Crippen LogP contribution in [-0.2, 0) is 10.2 Å². The highest BCUT2D eigenvalue weighted by Gasteiger charge is 2.15. The number of amides is 2. The normalized spacial score (nSPS) is 10.8. The molecule has 0 atom stereocenters. The van der Waals surface area contributed by atoms with E-state index < -0.39 is 17.8 Å². The molecule has 0 spiro atoms. The molecule has 0 saturated carbocycles. The number of nitrogens with one attached hydrogen (secondary N) is 2. The van der Waals surface area contributed by atoms with E-state index in [2.05, 4.69) is 36.4 Å². The summed E-state index contributed by atoms with van der Waals surface area (Å²) in [5.74, 6) is -1.38. The molecule has 0 unspecified atom stereocenters. The monoisotopic (exact) mass is 354 g/mol. The van der Waals surface area contributed by atoms with Gasteiger partial charge in [-0.3, -0.25) is 20.4 Å². The predicted molar refractivity (Wildman–Crippen MR) is 97.9 cm³/mol. The van der Waals surface area contributed by atoms with Gasteiger partial charge in [-0.15, -0.1) is 0 Å². The lowest BCUT2D eigenvalue weighted by molar-refractivity contribution is 0.0600. The van der Waals surface area contributed by atoms with Gasteiger partial charge < -0.3 is 4.74 Å². The number of hydrazine groups is 1. The Labute approximate surface area is 152 Å². The average Bonchev–Trinajstić information content (AvgIpc) is 2.64. The summed E-state index contributed by atoms with van der Waals surface area (Å²) in [6.45, 7) is 6.27. The topological polar surface area (TPSA) is 84.5 Å². The molecule has 0 fully saturated rings. The predicted octanol–water partition coefficient (Wildman–Crippen LogP) is 2.85. The van der Waals surface area contributed by atoms with Gasteiger partial charge in [0.05, 0.1) is 12.7 Å². The quantitative estimate of drug-likeness (QED) is 0.656. The third-order valence-electron chi connectivity index (χ3n) is 3.87. The van der Waals surface area contributed by atoms with Crippen LogP contribution in [0.25, 0.3) is 0 Å². The number of esters is 1. The van der Waals surface area contributed by atoms with Gasteiger partial charge >= 0.3 is 5.97 Å². The summed E-state index contributed by atoms with van der Waals surface area (Å²) < 4.78 is 4.60. The Kier molecular flexibility index (Phi) is 5.77. The molecule has 6 heteroatoms. The average molecular weight is 354 g/mol. The SMILES string of the molecule is COC(=O)c1ccc(C(=O)NNC(=O)c2ccc(C(C)(C)C)cc2)cc1. The zero-order valence-electron chi connectivity index (χ0n) is 15.3. The summed E-state index contributed by atoms with van der Waals surface area (Å²) in [5.41, 5.74) is 6.93. The van der Waals surface area contributed by atoms with Crippen molar-refractivity contribution in [3.8, 4) is 0 Å². The van der Waals surface area contributed by atoms with Crippen molar-refractivity contribution in [1.82, 2.24) is 10.9 Å². The minimum Gasteiger partial charge on any atom is -0.465 e. The highest BCUT2D eigenvalue weighted by molar-refractivity contribution is 5.99. The van der Waals surface area contributed by atoms with Crippen molar-refractivity contribution in [2.75, 3.05) is 7.11 Å². The van der Waals surface area contributed by atoms with Crippen molar-refractivity contribution in [3.63, 3.8) is 0 Å². The van der Waals surface area contributed by atoms with Crippen LogP contribution in [0.5, 0.6) is 0 Å². The van der Waals surface area contributed by atoms with E-state index >= 15 is 0 Å². The first-order valence-corrected chi connectivity index (χ1v) is 8.12. The summed E-state index contributed by atoms with van der Waals surface area (Å²) in [5, 5.41) is 0. The first-order valence-electron chi connectivity index (χ1n) is 8.12. The second kappa shape index (κ2) is 7.82. The van der Waals surface area contributed by atoms with Crippen LogP contribution in [-0.4, -0.2) is 24.9 Å². The number of benzene rings is 2. The Hall–Kier alpha value is -3.15. The number of carbonyl (C=O) groups excluding carboxylic acids is 3. The molecule has 2 rings (SSSR count). The van der Waals surface area contributed by atoms with Crippen LogP contribution in [0.4, 0.5) is 0 Å². The zero-order valence-corrected chi connectivity index (χ0v) is 15.3. The molecule has 0 bridgehead atoms. The Balaban J connectivity index is 1.96. The molecular weight excluding hydrogens is 332 g/mol. The van der Waals surface area contributed by atoms with Crippen LogP contribution in [0.15, 0.2) is 48.5 Å². The van der Waals surface area contributed by atoms with Gasteiger partial charge in [0.1, 0.15) is 0 Å². The third-order valence-corrected chi connectivity index (χ3v) is 3.87. The molecule has 0 radical (unpaired) electrons. The Morgan fingerprint density at radius 3 is 1.50 bits per heavy atom. The van der Waals surface area contributed by atoms with E-state index in [1.165, 1.54) is 31.4 Å². The van der Waals surface area contributed by atoms with Crippen molar-refractivity contribution in [3.05, 3.63) is 70.8 Å². The summed E-state index contributed by atoms with van der Waals surface area (Å²) in [6, 6.07) is 13.1. The highest BCUT2D eigenvalue weighted by Crippen LogP contribution is 2.22. The van der Waals surface area contributed by atoms with Crippen molar-refractivity contribution >= 4 is 17.8 Å². The molecule has 6 nitrogen and oxygen atoms in total. The van der Waals surface area contributed by atoms with Crippen LogP contribution < -0.4 is 10.9 Å².